The van der Waals surface area contributed by atoms with E-state index in [1.54, 1.807) is 14.0 Å². The molecule has 11 heavy (non-hydrogen) atoms. The molecule has 2 N–H and O–H groups in total. The normalized spacial score (nSPS) is 12.9. The fraction of sp³-hybridized carbons (Fsp3) is 0.857. The van der Waals surface area contributed by atoms with Crippen molar-refractivity contribution in [3.8, 4) is 0 Å². The summed E-state index contributed by atoms with van der Waals surface area (Å²) in [6.07, 6.45) is 1.76. The van der Waals surface area contributed by atoms with Crippen molar-refractivity contribution in [3.63, 3.8) is 0 Å². The number of Topliss-reactive ketones (excluding diaryl/α,β-unsaturated/α-hetero) is 1. The minimum Gasteiger partial charge on any atom is -0.366 e. The van der Waals surface area contributed by atoms with Crippen LogP contribution in [0.25, 0.3) is 0 Å². The predicted molar refractivity (Wildman–Crippen MR) is 46.5 cm³/mol. The van der Waals surface area contributed by atoms with Crippen molar-refractivity contribution >= 4 is 13.8 Å². The lowest BCUT2D eigenvalue weighted by molar-refractivity contribution is -0.119. The highest BCUT2D eigenvalue weighted by Gasteiger charge is 2.09. The number of carbonyl (C=O) groups is 1. The molecule has 0 spiro atoms. The average molecular weight is 154 g/mol. The maximum Gasteiger partial charge on any atom is 0.177 e. The van der Waals surface area contributed by atoms with Crippen LogP contribution in [0.15, 0.2) is 0 Å². The van der Waals surface area contributed by atoms with Gasteiger partial charge in [-0.25, -0.2) is 0 Å². The van der Waals surface area contributed by atoms with Crippen LogP contribution in [-0.4, -0.2) is 33.4 Å². The third-order valence-electron chi connectivity index (χ3n) is 1.65. The molecule has 0 aromatic heterocycles. The Kier molecular flexibility index (Phi) is 6.17. The van der Waals surface area contributed by atoms with Crippen LogP contribution in [0.3, 0.4) is 0 Å². The number of carbonyl (C=O) groups excluding carboxylic acids is 1. The predicted octanol–water partition coefficient (Wildman–Crippen LogP) is -0.383. The molecule has 0 saturated heterocycles. The van der Waals surface area contributed by atoms with Crippen LogP contribution in [0.4, 0.5) is 0 Å². The number of hydrogen-bond acceptors (Lipinski definition) is 3. The molecular weight excluding hydrogens is 139 g/mol. The van der Waals surface area contributed by atoms with Gasteiger partial charge in [-0.15, -0.1) is 0 Å². The van der Waals surface area contributed by atoms with E-state index >= 15 is 0 Å². The average Bonchev–Trinajstić information content (AvgIpc) is 1.97. The van der Waals surface area contributed by atoms with Gasteiger partial charge in [0.2, 0.25) is 0 Å². The quantitative estimate of drug-likeness (QED) is 0.404. The van der Waals surface area contributed by atoms with Crippen LogP contribution in [0.2, 0.25) is 0 Å². The molecule has 0 aromatic rings. The molecule has 3 nitrogen and oxygen atoms in total. The summed E-state index contributed by atoms with van der Waals surface area (Å²) in [7, 11) is 6.87. The zero-order valence-corrected chi connectivity index (χ0v) is 7.18. The maximum atomic E-state index is 10.9. The Morgan fingerprint density at radius 2 is 2.27 bits per heavy atom. The Balaban J connectivity index is 3.44. The van der Waals surface area contributed by atoms with Crippen molar-refractivity contribution in [1.82, 2.24) is 10.5 Å². The van der Waals surface area contributed by atoms with Gasteiger partial charge in [-0.3, -0.25) is 4.79 Å². The van der Waals surface area contributed by atoms with Crippen molar-refractivity contribution in [2.24, 2.45) is 0 Å². The minimum absolute atomic E-state index is 0.0108. The van der Waals surface area contributed by atoms with Gasteiger partial charge in [-0.05, 0) is 33.4 Å². The monoisotopic (exact) mass is 154 g/mol. The first kappa shape index (κ1) is 10.7. The number of hydrogen-bond donors (Lipinski definition) is 2. The van der Waals surface area contributed by atoms with E-state index in [1.807, 2.05) is 0 Å². The molecule has 0 rings (SSSR count). The summed E-state index contributed by atoms with van der Waals surface area (Å²) in [5.41, 5.74) is 0. The molecule has 1 unspecified atom stereocenters. The SMILES string of the molecule is [B]NCCCC(NC)C(C)=O. The molecule has 0 heterocycles. The molecule has 62 valence electrons. The van der Waals surface area contributed by atoms with Crippen LogP contribution >= 0.6 is 0 Å². The molecule has 0 bridgehead atoms. The minimum atomic E-state index is -0.0108. The van der Waals surface area contributed by atoms with Crippen LogP contribution in [-0.2, 0) is 4.79 Å². The van der Waals surface area contributed by atoms with E-state index in [9.17, 15) is 4.79 Å². The Labute approximate surface area is 69.4 Å². The van der Waals surface area contributed by atoms with E-state index in [1.165, 1.54) is 0 Å². The second-order valence-electron chi connectivity index (χ2n) is 2.55. The molecule has 0 saturated carbocycles. The Hall–Kier alpha value is -0.345. The van der Waals surface area contributed by atoms with E-state index in [2.05, 4.69) is 10.5 Å². The van der Waals surface area contributed by atoms with Crippen molar-refractivity contribution in [2.45, 2.75) is 25.8 Å². The van der Waals surface area contributed by atoms with Gasteiger partial charge in [-0.1, -0.05) is 0 Å². The first-order valence-electron chi connectivity index (χ1n) is 3.83. The van der Waals surface area contributed by atoms with Crippen molar-refractivity contribution in [1.29, 1.82) is 0 Å². The van der Waals surface area contributed by atoms with Crippen LogP contribution < -0.4 is 10.5 Å². The van der Waals surface area contributed by atoms with Crippen LogP contribution in [0.1, 0.15) is 19.8 Å². The van der Waals surface area contributed by atoms with E-state index in [0.717, 1.165) is 19.4 Å². The Morgan fingerprint density at radius 3 is 2.64 bits per heavy atom. The topological polar surface area (TPSA) is 41.1 Å². The van der Waals surface area contributed by atoms with E-state index < -0.39 is 0 Å². The van der Waals surface area contributed by atoms with Crippen LogP contribution in [0.5, 0.6) is 0 Å². The van der Waals surface area contributed by atoms with Crippen molar-refractivity contribution in [2.75, 3.05) is 13.6 Å². The van der Waals surface area contributed by atoms with Gasteiger partial charge in [-0.2, -0.15) is 0 Å². The summed E-state index contributed by atoms with van der Waals surface area (Å²) in [6.45, 7) is 2.35. The van der Waals surface area contributed by atoms with E-state index in [0.29, 0.717) is 0 Å². The van der Waals surface area contributed by atoms with E-state index in [4.69, 9.17) is 7.98 Å². The zero-order valence-electron chi connectivity index (χ0n) is 7.18. The lowest BCUT2D eigenvalue weighted by Crippen LogP contribution is -2.32. The summed E-state index contributed by atoms with van der Waals surface area (Å²) < 4.78 is 0. The van der Waals surface area contributed by atoms with E-state index in [-0.39, 0.29) is 11.8 Å². The molecule has 0 aromatic carbocycles. The molecule has 2 radical (unpaired) electrons. The van der Waals surface area contributed by atoms with Crippen molar-refractivity contribution in [3.05, 3.63) is 0 Å². The number of likely N-dealkylation sites (N-methyl/N-ethyl adjacent to an activating group) is 1. The molecule has 0 aliphatic rings. The number of nitrogens with one attached hydrogen (secondary N) is 2. The standard InChI is InChI=1S/C7H15BN2O/c1-6(11)7(9-2)4-3-5-10-8/h7,9-10H,3-5H2,1-2H3. The fourth-order valence-corrected chi connectivity index (χ4v) is 0.959. The highest BCUT2D eigenvalue weighted by molar-refractivity contribution is 6.04. The summed E-state index contributed by atoms with van der Waals surface area (Å²) in [5, 5.41) is 5.49. The highest BCUT2D eigenvalue weighted by atomic mass is 16.1. The van der Waals surface area contributed by atoms with Gasteiger partial charge < -0.3 is 10.5 Å². The summed E-state index contributed by atoms with van der Waals surface area (Å²) >= 11 is 0. The zero-order chi connectivity index (χ0) is 8.69. The molecule has 0 aliphatic carbocycles. The molecule has 0 fully saturated rings. The number of rotatable bonds is 6. The number of ketones is 1. The summed E-state index contributed by atoms with van der Waals surface area (Å²) in [6, 6.07) is -0.0108. The first-order chi connectivity index (χ1) is 5.22. The van der Waals surface area contributed by atoms with Gasteiger partial charge in [0, 0.05) is 0 Å². The largest absolute Gasteiger partial charge is 0.366 e. The van der Waals surface area contributed by atoms with Crippen molar-refractivity contribution < 1.29 is 4.79 Å². The second kappa shape index (κ2) is 6.37. The Bertz CT molecular complexity index is 119. The second-order valence-corrected chi connectivity index (χ2v) is 2.55. The lowest BCUT2D eigenvalue weighted by Gasteiger charge is -2.11. The van der Waals surface area contributed by atoms with Gasteiger partial charge in [0.15, 0.2) is 7.98 Å². The third kappa shape index (κ3) is 4.98. The first-order valence-corrected chi connectivity index (χ1v) is 3.83. The third-order valence-corrected chi connectivity index (χ3v) is 1.65. The van der Waals surface area contributed by atoms with Crippen LogP contribution in [0, 0.1) is 0 Å². The highest BCUT2D eigenvalue weighted by Crippen LogP contribution is 1.96. The van der Waals surface area contributed by atoms with Gasteiger partial charge >= 0.3 is 0 Å². The van der Waals surface area contributed by atoms with Gasteiger partial charge in [0.25, 0.3) is 0 Å². The summed E-state index contributed by atoms with van der Waals surface area (Å²) in [4.78, 5) is 10.9. The Morgan fingerprint density at radius 1 is 1.64 bits per heavy atom. The summed E-state index contributed by atoms with van der Waals surface area (Å²) in [5.74, 6) is 0.185. The molecule has 0 amide bonds. The fourth-order valence-electron chi connectivity index (χ4n) is 0.959. The smallest absolute Gasteiger partial charge is 0.177 e. The molecule has 0 aliphatic heterocycles. The lowest BCUT2D eigenvalue weighted by atomic mass is 10.1. The molecular formula is C7H15BN2O. The molecule has 1 atom stereocenters. The maximum absolute atomic E-state index is 10.9. The van der Waals surface area contributed by atoms with Gasteiger partial charge in [0.1, 0.15) is 5.78 Å². The molecule has 4 heteroatoms. The van der Waals surface area contributed by atoms with Gasteiger partial charge in [0.05, 0.1) is 6.04 Å².